The molecule has 0 saturated heterocycles. The summed E-state index contributed by atoms with van der Waals surface area (Å²) in [4.78, 5) is 13.7. The van der Waals surface area contributed by atoms with Gasteiger partial charge in [0, 0.05) is 28.1 Å². The summed E-state index contributed by atoms with van der Waals surface area (Å²) >= 11 is 3.11. The van der Waals surface area contributed by atoms with Crippen molar-refractivity contribution in [3.63, 3.8) is 0 Å². The number of hydrogen-bond donors (Lipinski definition) is 1. The number of benzene rings is 1. The number of hydrogen-bond acceptors (Lipinski definition) is 5. The summed E-state index contributed by atoms with van der Waals surface area (Å²) in [6, 6.07) is 8.05. The monoisotopic (exact) mass is 412 g/mol. The molecule has 1 aromatic carbocycles. The molecule has 0 aliphatic heterocycles. The quantitative estimate of drug-likeness (QED) is 0.413. The van der Waals surface area contributed by atoms with E-state index in [0.717, 1.165) is 39.8 Å². The van der Waals surface area contributed by atoms with E-state index in [4.69, 9.17) is 0 Å². The van der Waals surface area contributed by atoms with E-state index >= 15 is 0 Å². The molecule has 0 bridgehead atoms. The first kappa shape index (κ1) is 20.4. The van der Waals surface area contributed by atoms with Gasteiger partial charge in [0.05, 0.1) is 5.75 Å². The Morgan fingerprint density at radius 2 is 2.18 bits per heavy atom. The zero-order valence-corrected chi connectivity index (χ0v) is 18.0. The fourth-order valence-corrected chi connectivity index (χ4v) is 4.35. The largest absolute Gasteiger partial charge is 0.325 e. The lowest BCUT2D eigenvalue weighted by Crippen LogP contribution is -2.15. The van der Waals surface area contributed by atoms with Gasteiger partial charge >= 0.3 is 0 Å². The Kier molecular flexibility index (Phi) is 6.70. The molecule has 0 aliphatic rings. The molecule has 0 aliphatic carbocycles. The number of rotatable bonds is 8. The highest BCUT2D eigenvalue weighted by Crippen LogP contribution is 2.28. The Balaban J connectivity index is 1.72. The third kappa shape index (κ3) is 4.54. The number of nitrogens with zero attached hydrogens (tertiary/aromatic N) is 3. The molecule has 0 unspecified atom stereocenters. The van der Waals surface area contributed by atoms with Crippen LogP contribution >= 0.6 is 23.1 Å². The molecule has 7 heteroatoms. The zero-order chi connectivity index (χ0) is 20.1. The van der Waals surface area contributed by atoms with Gasteiger partial charge in [-0.1, -0.05) is 36.9 Å². The van der Waals surface area contributed by atoms with E-state index in [1.807, 2.05) is 42.7 Å². The van der Waals surface area contributed by atoms with Crippen molar-refractivity contribution in [1.82, 2.24) is 14.8 Å². The molecule has 0 spiro atoms. The number of amides is 1. The second kappa shape index (κ2) is 9.21. The molecule has 3 aromatic rings. The molecule has 146 valence electrons. The fourth-order valence-electron chi connectivity index (χ4n) is 2.79. The highest BCUT2D eigenvalue weighted by molar-refractivity contribution is 7.99. The summed E-state index contributed by atoms with van der Waals surface area (Å²) in [5.74, 6) is 1.03. The Labute approximate surface area is 173 Å². The van der Waals surface area contributed by atoms with E-state index in [1.165, 1.54) is 16.6 Å². The summed E-state index contributed by atoms with van der Waals surface area (Å²) in [6.07, 6.45) is 2.82. The third-order valence-electron chi connectivity index (χ3n) is 4.50. The lowest BCUT2D eigenvalue weighted by molar-refractivity contribution is -0.113. The SMILES string of the molecule is C=CCn1c(SCC(=O)Nc2cccc(C)c2C)nnc1-c1csc(CC)c1. The first-order chi connectivity index (χ1) is 13.5. The summed E-state index contributed by atoms with van der Waals surface area (Å²) < 4.78 is 2.00. The lowest BCUT2D eigenvalue weighted by Gasteiger charge is -2.10. The predicted octanol–water partition coefficient (Wildman–Crippen LogP) is 5.10. The van der Waals surface area contributed by atoms with Gasteiger partial charge in [-0.25, -0.2) is 0 Å². The summed E-state index contributed by atoms with van der Waals surface area (Å²) in [5.41, 5.74) is 4.15. The second-order valence-electron chi connectivity index (χ2n) is 6.45. The van der Waals surface area contributed by atoms with Crippen LogP contribution in [0.25, 0.3) is 11.4 Å². The van der Waals surface area contributed by atoms with Crippen molar-refractivity contribution in [1.29, 1.82) is 0 Å². The number of carbonyl (C=O) groups is 1. The van der Waals surface area contributed by atoms with Crippen LogP contribution in [0.5, 0.6) is 0 Å². The Bertz CT molecular complexity index is 990. The van der Waals surface area contributed by atoms with Gasteiger partial charge in [0.1, 0.15) is 0 Å². The van der Waals surface area contributed by atoms with Gasteiger partial charge < -0.3 is 5.32 Å². The summed E-state index contributed by atoms with van der Waals surface area (Å²) in [6.45, 7) is 10.6. The molecule has 1 N–H and O–H groups in total. The van der Waals surface area contributed by atoms with Crippen LogP contribution < -0.4 is 5.32 Å². The second-order valence-corrected chi connectivity index (χ2v) is 8.38. The van der Waals surface area contributed by atoms with Crippen LogP contribution in [0.4, 0.5) is 5.69 Å². The number of thiophene rings is 1. The molecule has 1 amide bonds. The number of aryl methyl sites for hydroxylation is 2. The molecule has 3 rings (SSSR count). The average molecular weight is 413 g/mol. The normalized spacial score (nSPS) is 10.8. The van der Waals surface area contributed by atoms with Gasteiger partial charge in [-0.05, 0) is 43.5 Å². The van der Waals surface area contributed by atoms with Crippen LogP contribution in [-0.2, 0) is 17.8 Å². The Hall–Kier alpha value is -2.38. The maximum Gasteiger partial charge on any atom is 0.234 e. The molecular weight excluding hydrogens is 388 g/mol. The highest BCUT2D eigenvalue weighted by Gasteiger charge is 2.16. The molecule has 0 radical (unpaired) electrons. The zero-order valence-electron chi connectivity index (χ0n) is 16.4. The first-order valence-electron chi connectivity index (χ1n) is 9.14. The molecular formula is C21H24N4OS2. The van der Waals surface area contributed by atoms with Crippen LogP contribution in [0, 0.1) is 13.8 Å². The number of allylic oxidation sites excluding steroid dienone is 1. The van der Waals surface area contributed by atoms with Gasteiger partial charge in [-0.2, -0.15) is 0 Å². The van der Waals surface area contributed by atoms with Crippen LogP contribution in [0.1, 0.15) is 22.9 Å². The fraction of sp³-hybridized carbons (Fsp3) is 0.286. The van der Waals surface area contributed by atoms with E-state index < -0.39 is 0 Å². The molecule has 0 atom stereocenters. The Morgan fingerprint density at radius 1 is 1.36 bits per heavy atom. The van der Waals surface area contributed by atoms with Gasteiger partial charge in [-0.3, -0.25) is 9.36 Å². The minimum Gasteiger partial charge on any atom is -0.325 e. The van der Waals surface area contributed by atoms with Gasteiger partial charge in [0.15, 0.2) is 11.0 Å². The van der Waals surface area contributed by atoms with Crippen molar-refractivity contribution in [3.05, 3.63) is 58.3 Å². The van der Waals surface area contributed by atoms with Crippen molar-refractivity contribution in [2.75, 3.05) is 11.1 Å². The third-order valence-corrected chi connectivity index (χ3v) is 6.55. The van der Waals surface area contributed by atoms with E-state index in [9.17, 15) is 4.79 Å². The topological polar surface area (TPSA) is 59.8 Å². The van der Waals surface area contributed by atoms with Crippen LogP contribution in [0.2, 0.25) is 0 Å². The van der Waals surface area contributed by atoms with Gasteiger partial charge in [0.25, 0.3) is 0 Å². The number of anilines is 1. The van der Waals surface area contributed by atoms with E-state index in [1.54, 1.807) is 11.3 Å². The molecule has 28 heavy (non-hydrogen) atoms. The van der Waals surface area contributed by atoms with Crippen molar-refractivity contribution < 1.29 is 4.79 Å². The summed E-state index contributed by atoms with van der Waals surface area (Å²) in [7, 11) is 0. The maximum absolute atomic E-state index is 12.4. The van der Waals surface area contributed by atoms with E-state index in [0.29, 0.717) is 6.54 Å². The number of nitrogens with one attached hydrogen (secondary N) is 1. The average Bonchev–Trinajstić information content (AvgIpc) is 3.31. The van der Waals surface area contributed by atoms with Crippen molar-refractivity contribution in [3.8, 4) is 11.4 Å². The minimum absolute atomic E-state index is 0.0581. The minimum atomic E-state index is -0.0581. The molecule has 0 fully saturated rings. The maximum atomic E-state index is 12.4. The lowest BCUT2D eigenvalue weighted by atomic mass is 10.1. The van der Waals surface area contributed by atoms with Crippen molar-refractivity contribution >= 4 is 34.7 Å². The number of carbonyl (C=O) groups excluding carboxylic acids is 1. The van der Waals surface area contributed by atoms with Crippen LogP contribution in [0.3, 0.4) is 0 Å². The highest BCUT2D eigenvalue weighted by atomic mass is 32.2. The molecule has 2 aromatic heterocycles. The number of aromatic nitrogens is 3. The van der Waals surface area contributed by atoms with Crippen molar-refractivity contribution in [2.45, 2.75) is 38.9 Å². The van der Waals surface area contributed by atoms with E-state index in [-0.39, 0.29) is 11.7 Å². The smallest absolute Gasteiger partial charge is 0.234 e. The van der Waals surface area contributed by atoms with Crippen LogP contribution in [-0.4, -0.2) is 26.4 Å². The molecule has 2 heterocycles. The van der Waals surface area contributed by atoms with E-state index in [2.05, 4.69) is 40.5 Å². The molecule has 5 nitrogen and oxygen atoms in total. The van der Waals surface area contributed by atoms with Gasteiger partial charge in [-0.15, -0.1) is 28.1 Å². The van der Waals surface area contributed by atoms with Crippen LogP contribution in [0.15, 0.2) is 47.5 Å². The van der Waals surface area contributed by atoms with Gasteiger partial charge in [0.2, 0.25) is 5.91 Å². The summed E-state index contributed by atoms with van der Waals surface area (Å²) in [5, 5.41) is 14.5. The Morgan fingerprint density at radius 3 is 2.89 bits per heavy atom. The predicted molar refractivity (Wildman–Crippen MR) is 118 cm³/mol. The number of thioether (sulfide) groups is 1. The standard InChI is InChI=1S/C21H24N4OS2/c1-5-10-25-20(16-11-17(6-2)27-12-16)23-24-21(25)28-13-19(26)22-18-9-7-8-14(3)15(18)4/h5,7-9,11-12H,1,6,10,13H2,2-4H3,(H,22,26). The first-order valence-corrected chi connectivity index (χ1v) is 11.0. The molecule has 0 saturated carbocycles. The van der Waals surface area contributed by atoms with Crippen molar-refractivity contribution in [2.24, 2.45) is 0 Å².